The average molecular weight is 262 g/mol. The first-order valence-corrected chi connectivity index (χ1v) is 6.44. The molecule has 0 spiro atoms. The summed E-state index contributed by atoms with van der Waals surface area (Å²) in [6.07, 6.45) is 1.35. The molecule has 0 atom stereocenters. The third-order valence-electron chi connectivity index (χ3n) is 3.06. The third-order valence-corrected chi connectivity index (χ3v) is 3.06. The van der Waals surface area contributed by atoms with E-state index in [4.69, 9.17) is 4.74 Å². The van der Waals surface area contributed by atoms with E-state index in [0.29, 0.717) is 13.1 Å². The monoisotopic (exact) mass is 262 g/mol. The lowest BCUT2D eigenvalue weighted by molar-refractivity contribution is -0.147. The average Bonchev–Trinajstić information content (AvgIpc) is 2.46. The summed E-state index contributed by atoms with van der Waals surface area (Å²) in [5.41, 5.74) is 0.933. The molecule has 0 aromatic heterocycles. The highest BCUT2D eigenvalue weighted by molar-refractivity contribution is 5.77. The normalized spacial score (nSPS) is 15.2. The second-order valence-corrected chi connectivity index (χ2v) is 4.51. The molecule has 1 aromatic rings. The molecule has 5 nitrogen and oxygen atoms in total. The fourth-order valence-electron chi connectivity index (χ4n) is 2.08. The molecule has 0 radical (unpaired) electrons. The molecular formula is C14H18N2O3. The van der Waals surface area contributed by atoms with Crippen molar-refractivity contribution in [3.8, 4) is 0 Å². The van der Waals surface area contributed by atoms with E-state index in [9.17, 15) is 9.59 Å². The van der Waals surface area contributed by atoms with Gasteiger partial charge in [-0.25, -0.2) is 14.8 Å². The maximum Gasteiger partial charge on any atom is 0.429 e. The van der Waals surface area contributed by atoms with Crippen LogP contribution < -0.4 is 0 Å². The largest absolute Gasteiger partial charge is 0.443 e. The molecule has 5 heteroatoms. The van der Waals surface area contributed by atoms with Crippen molar-refractivity contribution in [2.75, 3.05) is 13.1 Å². The lowest BCUT2D eigenvalue weighted by atomic mass is 10.2. The Kier molecular flexibility index (Phi) is 4.39. The van der Waals surface area contributed by atoms with Crippen molar-refractivity contribution in [2.24, 2.45) is 0 Å². The molecule has 2 rings (SSSR count). The Labute approximate surface area is 112 Å². The van der Waals surface area contributed by atoms with Crippen molar-refractivity contribution in [2.45, 2.75) is 26.4 Å². The van der Waals surface area contributed by atoms with E-state index < -0.39 is 6.09 Å². The molecule has 0 bridgehead atoms. The molecule has 1 aliphatic heterocycles. The maximum atomic E-state index is 12.0. The van der Waals surface area contributed by atoms with Crippen LogP contribution in [0.25, 0.3) is 0 Å². The number of hydrogen-bond donors (Lipinski definition) is 0. The molecule has 0 N–H and O–H groups in total. The number of carbonyl (C=O) groups is 2. The number of nitrogens with zero attached hydrogens (tertiary/aromatic N) is 2. The fraction of sp³-hybridized carbons (Fsp3) is 0.429. The van der Waals surface area contributed by atoms with Gasteiger partial charge in [-0.15, -0.1) is 0 Å². The summed E-state index contributed by atoms with van der Waals surface area (Å²) < 4.78 is 5.24. The molecule has 0 unspecified atom stereocenters. The van der Waals surface area contributed by atoms with E-state index in [1.165, 1.54) is 16.9 Å². The van der Waals surface area contributed by atoms with Crippen molar-refractivity contribution in [1.29, 1.82) is 0 Å². The van der Waals surface area contributed by atoms with Gasteiger partial charge in [-0.3, -0.25) is 4.79 Å². The van der Waals surface area contributed by atoms with Crippen LogP contribution in [0.1, 0.15) is 25.3 Å². The summed E-state index contributed by atoms with van der Waals surface area (Å²) in [4.78, 5) is 23.5. The van der Waals surface area contributed by atoms with E-state index in [0.717, 1.165) is 18.4 Å². The zero-order valence-corrected chi connectivity index (χ0v) is 11.0. The van der Waals surface area contributed by atoms with Gasteiger partial charge in [0.1, 0.15) is 6.61 Å². The zero-order valence-electron chi connectivity index (χ0n) is 11.0. The second kappa shape index (κ2) is 6.22. The molecule has 1 aliphatic rings. The number of hydrogen-bond acceptors (Lipinski definition) is 3. The maximum absolute atomic E-state index is 12.0. The Balaban J connectivity index is 1.93. The Morgan fingerprint density at radius 3 is 2.37 bits per heavy atom. The van der Waals surface area contributed by atoms with Crippen LogP contribution in [-0.4, -0.2) is 35.1 Å². The van der Waals surface area contributed by atoms with Gasteiger partial charge in [0.2, 0.25) is 5.91 Å². The van der Waals surface area contributed by atoms with Crippen molar-refractivity contribution in [3.05, 3.63) is 35.9 Å². The molecule has 2 amide bonds. The number of amides is 2. The first-order valence-electron chi connectivity index (χ1n) is 6.44. The molecule has 19 heavy (non-hydrogen) atoms. The van der Waals surface area contributed by atoms with Gasteiger partial charge in [-0.1, -0.05) is 30.3 Å². The quantitative estimate of drug-likeness (QED) is 0.820. The minimum Gasteiger partial charge on any atom is -0.443 e. The number of carbonyl (C=O) groups excluding carboxylic acids is 2. The number of hydrazine groups is 1. The first kappa shape index (κ1) is 13.4. The van der Waals surface area contributed by atoms with E-state index in [1.54, 1.807) is 0 Å². The minimum atomic E-state index is -0.459. The van der Waals surface area contributed by atoms with E-state index in [2.05, 4.69) is 0 Å². The number of ether oxygens (including phenoxy) is 1. The smallest absolute Gasteiger partial charge is 0.429 e. The summed E-state index contributed by atoms with van der Waals surface area (Å²) in [5.74, 6) is -0.128. The lowest BCUT2D eigenvalue weighted by Gasteiger charge is -2.36. The Morgan fingerprint density at radius 2 is 1.74 bits per heavy atom. The number of benzene rings is 1. The summed E-state index contributed by atoms with van der Waals surface area (Å²) in [6, 6.07) is 9.49. The van der Waals surface area contributed by atoms with Gasteiger partial charge in [0, 0.05) is 20.0 Å². The van der Waals surface area contributed by atoms with Crippen LogP contribution in [0.3, 0.4) is 0 Å². The van der Waals surface area contributed by atoms with Crippen LogP contribution >= 0.6 is 0 Å². The predicted molar refractivity (Wildman–Crippen MR) is 70.0 cm³/mol. The van der Waals surface area contributed by atoms with Gasteiger partial charge in [-0.2, -0.15) is 0 Å². The van der Waals surface area contributed by atoms with E-state index in [1.807, 2.05) is 30.3 Å². The van der Waals surface area contributed by atoms with Crippen LogP contribution in [0.5, 0.6) is 0 Å². The van der Waals surface area contributed by atoms with Crippen LogP contribution in [0.15, 0.2) is 30.3 Å². The molecule has 102 valence electrons. The molecule has 0 saturated carbocycles. The summed E-state index contributed by atoms with van der Waals surface area (Å²) in [6.45, 7) is 2.80. The van der Waals surface area contributed by atoms with Crippen molar-refractivity contribution < 1.29 is 14.3 Å². The van der Waals surface area contributed by atoms with Gasteiger partial charge in [0.15, 0.2) is 0 Å². The lowest BCUT2D eigenvalue weighted by Crippen LogP contribution is -2.52. The number of rotatable bonds is 2. The molecule has 0 aliphatic carbocycles. The topological polar surface area (TPSA) is 49.9 Å². The third kappa shape index (κ3) is 3.47. The Morgan fingerprint density at radius 1 is 1.11 bits per heavy atom. The van der Waals surface area contributed by atoms with E-state index >= 15 is 0 Å². The highest BCUT2D eigenvalue weighted by Crippen LogP contribution is 2.13. The van der Waals surface area contributed by atoms with Gasteiger partial charge < -0.3 is 4.74 Å². The van der Waals surface area contributed by atoms with Gasteiger partial charge in [-0.05, 0) is 18.4 Å². The summed E-state index contributed by atoms with van der Waals surface area (Å²) in [5, 5.41) is 2.85. The summed E-state index contributed by atoms with van der Waals surface area (Å²) in [7, 11) is 0. The molecule has 1 heterocycles. The highest BCUT2D eigenvalue weighted by atomic mass is 16.6. The minimum absolute atomic E-state index is 0.128. The highest BCUT2D eigenvalue weighted by Gasteiger charge is 2.27. The molecule has 1 fully saturated rings. The molecular weight excluding hydrogens is 244 g/mol. The van der Waals surface area contributed by atoms with Gasteiger partial charge >= 0.3 is 6.09 Å². The fourth-order valence-corrected chi connectivity index (χ4v) is 2.08. The SMILES string of the molecule is CC(=O)N1CCCCN1C(=O)OCc1ccccc1. The zero-order chi connectivity index (χ0) is 13.7. The van der Waals surface area contributed by atoms with Crippen LogP contribution in [0.4, 0.5) is 4.79 Å². The van der Waals surface area contributed by atoms with Crippen molar-refractivity contribution in [1.82, 2.24) is 10.0 Å². The Hall–Kier alpha value is -2.04. The van der Waals surface area contributed by atoms with Gasteiger partial charge in [0.05, 0.1) is 0 Å². The van der Waals surface area contributed by atoms with E-state index in [-0.39, 0.29) is 12.5 Å². The summed E-state index contributed by atoms with van der Waals surface area (Å²) >= 11 is 0. The Bertz CT molecular complexity index is 447. The van der Waals surface area contributed by atoms with Crippen molar-refractivity contribution >= 4 is 12.0 Å². The van der Waals surface area contributed by atoms with Gasteiger partial charge in [0.25, 0.3) is 0 Å². The van der Waals surface area contributed by atoms with Crippen LogP contribution in [0, 0.1) is 0 Å². The molecule has 1 aromatic carbocycles. The van der Waals surface area contributed by atoms with Crippen LogP contribution in [0.2, 0.25) is 0 Å². The second-order valence-electron chi connectivity index (χ2n) is 4.51. The van der Waals surface area contributed by atoms with Crippen LogP contribution in [-0.2, 0) is 16.1 Å². The predicted octanol–water partition coefficient (Wildman–Crippen LogP) is 2.18. The standard InChI is InChI=1S/C14H18N2O3/c1-12(17)15-9-5-6-10-16(15)14(18)19-11-13-7-3-2-4-8-13/h2-4,7-8H,5-6,9-11H2,1H3. The van der Waals surface area contributed by atoms with Crippen molar-refractivity contribution in [3.63, 3.8) is 0 Å². The molecule has 1 saturated heterocycles. The first-order chi connectivity index (χ1) is 9.18.